The van der Waals surface area contributed by atoms with Gasteiger partial charge in [-0.25, -0.2) is 4.98 Å². The molecule has 0 aliphatic rings. The molecule has 1 amide bonds. The largest absolute Gasteiger partial charge is 0.343 e. The summed E-state index contributed by atoms with van der Waals surface area (Å²) >= 11 is 7.59. The van der Waals surface area contributed by atoms with Crippen LogP contribution in [0.2, 0.25) is 5.02 Å². The van der Waals surface area contributed by atoms with Crippen molar-refractivity contribution in [3.05, 3.63) is 63.9 Å². The highest BCUT2D eigenvalue weighted by molar-refractivity contribution is 7.99. The van der Waals surface area contributed by atoms with Crippen molar-refractivity contribution in [3.8, 4) is 5.69 Å². The van der Waals surface area contributed by atoms with Crippen LogP contribution in [0.4, 0.5) is 0 Å². The van der Waals surface area contributed by atoms with Gasteiger partial charge in [-0.3, -0.25) is 14.2 Å². The van der Waals surface area contributed by atoms with Crippen LogP contribution < -0.4 is 5.56 Å². The summed E-state index contributed by atoms with van der Waals surface area (Å²) in [7, 11) is 0. The Morgan fingerprint density at radius 2 is 1.72 bits per heavy atom. The summed E-state index contributed by atoms with van der Waals surface area (Å²) in [4.78, 5) is 32.4. The Kier molecular flexibility index (Phi) is 9.18. The third kappa shape index (κ3) is 6.14. The first-order chi connectivity index (χ1) is 15.5. The number of hydrogen-bond donors (Lipinski definition) is 0. The summed E-state index contributed by atoms with van der Waals surface area (Å²) < 4.78 is 1.65. The molecule has 0 N–H and O–H groups in total. The zero-order chi connectivity index (χ0) is 22.9. The zero-order valence-electron chi connectivity index (χ0n) is 18.7. The lowest BCUT2D eigenvalue weighted by Crippen LogP contribution is -2.32. The number of unbranched alkanes of at least 4 members (excludes halogenated alkanes) is 1. The molecule has 7 heteroatoms. The van der Waals surface area contributed by atoms with Crippen LogP contribution in [0.25, 0.3) is 16.6 Å². The molecule has 0 fully saturated rings. The van der Waals surface area contributed by atoms with E-state index in [2.05, 4.69) is 13.8 Å². The molecule has 3 rings (SSSR count). The molecule has 0 radical (unpaired) electrons. The van der Waals surface area contributed by atoms with Gasteiger partial charge in [0, 0.05) is 30.3 Å². The van der Waals surface area contributed by atoms with Crippen molar-refractivity contribution in [2.75, 3.05) is 18.8 Å². The van der Waals surface area contributed by atoms with Crippen molar-refractivity contribution < 1.29 is 4.79 Å². The van der Waals surface area contributed by atoms with Gasteiger partial charge in [-0.15, -0.1) is 0 Å². The first-order valence-corrected chi connectivity index (χ1v) is 12.6. The first-order valence-electron chi connectivity index (χ1n) is 11.2. The number of amides is 1. The quantitative estimate of drug-likeness (QED) is 0.197. The molecule has 0 unspecified atom stereocenters. The van der Waals surface area contributed by atoms with E-state index in [4.69, 9.17) is 16.6 Å². The lowest BCUT2D eigenvalue weighted by atomic mass is 10.2. The Hall–Kier alpha value is -2.31. The number of benzene rings is 2. The second-order valence-electron chi connectivity index (χ2n) is 7.71. The minimum absolute atomic E-state index is 0.0922. The molecule has 0 saturated carbocycles. The molecule has 1 aromatic heterocycles. The highest BCUT2D eigenvalue weighted by Crippen LogP contribution is 2.23. The zero-order valence-corrected chi connectivity index (χ0v) is 20.3. The summed E-state index contributed by atoms with van der Waals surface area (Å²) in [5.41, 5.74) is 1.34. The van der Waals surface area contributed by atoms with Crippen LogP contribution >= 0.6 is 23.4 Å². The van der Waals surface area contributed by atoms with Crippen LogP contribution in [0.1, 0.15) is 46.0 Å². The van der Waals surface area contributed by atoms with Crippen molar-refractivity contribution in [2.45, 2.75) is 51.1 Å². The average molecular weight is 472 g/mol. The van der Waals surface area contributed by atoms with Gasteiger partial charge in [0.25, 0.3) is 5.56 Å². The molecule has 170 valence electrons. The van der Waals surface area contributed by atoms with E-state index in [-0.39, 0.29) is 11.5 Å². The molecule has 0 aliphatic carbocycles. The highest BCUT2D eigenvalue weighted by atomic mass is 35.5. The maximum atomic E-state index is 13.2. The Morgan fingerprint density at radius 1 is 1.03 bits per heavy atom. The van der Waals surface area contributed by atoms with E-state index in [1.54, 1.807) is 34.5 Å². The molecule has 32 heavy (non-hydrogen) atoms. The van der Waals surface area contributed by atoms with Gasteiger partial charge < -0.3 is 4.90 Å². The Labute approximate surface area is 198 Å². The lowest BCUT2D eigenvalue weighted by Gasteiger charge is -2.21. The fourth-order valence-electron chi connectivity index (χ4n) is 3.63. The smallest absolute Gasteiger partial charge is 0.266 e. The van der Waals surface area contributed by atoms with Crippen molar-refractivity contribution in [1.82, 2.24) is 14.5 Å². The van der Waals surface area contributed by atoms with Gasteiger partial charge in [-0.2, -0.15) is 0 Å². The summed E-state index contributed by atoms with van der Waals surface area (Å²) in [6, 6.07) is 14.6. The van der Waals surface area contributed by atoms with E-state index in [1.807, 2.05) is 35.2 Å². The number of hydrogen-bond acceptors (Lipinski definition) is 4. The number of para-hydroxylation sites is 1. The van der Waals surface area contributed by atoms with Gasteiger partial charge in [0.15, 0.2) is 5.16 Å². The van der Waals surface area contributed by atoms with Crippen LogP contribution in [0, 0.1) is 0 Å². The van der Waals surface area contributed by atoms with Gasteiger partial charge in [-0.1, -0.05) is 49.3 Å². The molecule has 0 bridgehead atoms. The molecule has 0 aliphatic heterocycles. The van der Waals surface area contributed by atoms with Crippen LogP contribution in [0.5, 0.6) is 0 Å². The summed E-state index contributed by atoms with van der Waals surface area (Å²) in [5.74, 6) is 1.02. The van der Waals surface area contributed by atoms with E-state index >= 15 is 0 Å². The third-order valence-corrected chi connectivity index (χ3v) is 6.46. The average Bonchev–Trinajstić information content (AvgIpc) is 2.79. The number of aromatic nitrogens is 2. The van der Waals surface area contributed by atoms with Gasteiger partial charge in [-0.05, 0) is 62.1 Å². The van der Waals surface area contributed by atoms with Gasteiger partial charge in [0.2, 0.25) is 5.91 Å². The minimum atomic E-state index is -0.0922. The molecule has 2 aromatic carbocycles. The van der Waals surface area contributed by atoms with Gasteiger partial charge in [0.1, 0.15) is 0 Å². The maximum absolute atomic E-state index is 13.2. The monoisotopic (exact) mass is 471 g/mol. The van der Waals surface area contributed by atoms with E-state index in [9.17, 15) is 9.59 Å². The molecule has 5 nitrogen and oxygen atoms in total. The second kappa shape index (κ2) is 12.1. The molecular weight excluding hydrogens is 442 g/mol. The summed E-state index contributed by atoms with van der Waals surface area (Å²) in [6.07, 6.45) is 4.24. The van der Waals surface area contributed by atoms with Crippen LogP contribution in [-0.2, 0) is 4.79 Å². The number of carbonyl (C=O) groups excluding carboxylic acids is 1. The van der Waals surface area contributed by atoms with Crippen LogP contribution in [0.3, 0.4) is 0 Å². The lowest BCUT2D eigenvalue weighted by molar-refractivity contribution is -0.131. The molecule has 1 heterocycles. The fraction of sp³-hybridized carbons (Fsp3) is 0.400. The number of nitrogens with zero attached hydrogens (tertiary/aromatic N) is 3. The van der Waals surface area contributed by atoms with Gasteiger partial charge in [0.05, 0.1) is 16.6 Å². The third-order valence-electron chi connectivity index (χ3n) is 5.19. The van der Waals surface area contributed by atoms with Crippen molar-refractivity contribution >= 4 is 40.2 Å². The number of fused-ring (bicyclic) bond motifs is 1. The highest BCUT2D eigenvalue weighted by Gasteiger charge is 2.14. The SMILES string of the molecule is CCCN(CCC)C(=O)CCCCSc1nc2ccccc2c(=O)n1-c1ccc(Cl)cc1. The topological polar surface area (TPSA) is 55.2 Å². The van der Waals surface area contributed by atoms with Gasteiger partial charge >= 0.3 is 0 Å². The Bertz CT molecular complexity index is 1090. The molecular formula is C25H30ClN3O2S. The minimum Gasteiger partial charge on any atom is -0.343 e. The van der Waals surface area contributed by atoms with Crippen LogP contribution in [-0.4, -0.2) is 39.2 Å². The molecule has 3 aromatic rings. The normalized spacial score (nSPS) is 11.1. The van der Waals surface area contributed by atoms with Crippen molar-refractivity contribution in [1.29, 1.82) is 0 Å². The summed E-state index contributed by atoms with van der Waals surface area (Å²) in [6.45, 7) is 5.86. The Balaban J connectivity index is 1.71. The predicted octanol–water partition coefficient (Wildman–Crippen LogP) is 5.95. The van der Waals surface area contributed by atoms with Crippen LogP contribution in [0.15, 0.2) is 58.5 Å². The van der Waals surface area contributed by atoms with E-state index in [0.29, 0.717) is 27.5 Å². The van der Waals surface area contributed by atoms with E-state index in [1.165, 1.54) is 0 Å². The summed E-state index contributed by atoms with van der Waals surface area (Å²) in [5, 5.41) is 1.86. The molecule has 0 saturated heterocycles. The van der Waals surface area contributed by atoms with E-state index < -0.39 is 0 Å². The van der Waals surface area contributed by atoms with Crippen molar-refractivity contribution in [3.63, 3.8) is 0 Å². The number of halogens is 1. The molecule has 0 atom stereocenters. The second-order valence-corrected chi connectivity index (χ2v) is 9.21. The Morgan fingerprint density at radius 3 is 2.41 bits per heavy atom. The molecule has 0 spiro atoms. The number of rotatable bonds is 11. The number of carbonyl (C=O) groups is 1. The van der Waals surface area contributed by atoms with Crippen molar-refractivity contribution in [2.24, 2.45) is 0 Å². The fourth-order valence-corrected chi connectivity index (χ4v) is 4.77. The first kappa shape index (κ1) is 24.3. The maximum Gasteiger partial charge on any atom is 0.266 e. The standard InChI is InChI=1S/C25H30ClN3O2S/c1-3-16-28(17-4-2)23(30)11-7-8-18-32-25-27-22-10-6-5-9-21(22)24(31)29(25)20-14-12-19(26)13-15-20/h5-6,9-10,12-15H,3-4,7-8,11,16-18H2,1-2H3. The predicted molar refractivity (Wildman–Crippen MR) is 134 cm³/mol. The number of thioether (sulfide) groups is 1. The van der Waals surface area contributed by atoms with E-state index in [0.717, 1.165) is 50.2 Å².